The minimum Gasteiger partial charge on any atom is -0.480 e. The van der Waals surface area contributed by atoms with Crippen LogP contribution in [0.2, 0.25) is 0 Å². The van der Waals surface area contributed by atoms with Gasteiger partial charge in [0.25, 0.3) is 0 Å². The first kappa shape index (κ1) is 35.5. The summed E-state index contributed by atoms with van der Waals surface area (Å²) in [4.78, 5) is 65.3. The number of hydrogen-bond acceptors (Lipinski definition) is 9. The summed E-state index contributed by atoms with van der Waals surface area (Å²) in [5, 5.41) is 28.5. The van der Waals surface area contributed by atoms with Gasteiger partial charge in [0, 0.05) is 6.54 Å². The van der Waals surface area contributed by atoms with E-state index in [9.17, 15) is 34.2 Å². The molecule has 0 saturated carbocycles. The minimum absolute atomic E-state index is 0.0320. The third-order valence-electron chi connectivity index (χ3n) is 5.46. The monoisotopic (exact) mass is 559 g/mol. The molecule has 0 aliphatic rings. The zero-order valence-corrected chi connectivity index (χ0v) is 22.7. The predicted molar refractivity (Wildman–Crippen MR) is 144 cm³/mol. The molecule has 39 heavy (non-hydrogen) atoms. The van der Waals surface area contributed by atoms with Gasteiger partial charge in [0.1, 0.15) is 18.1 Å². The molecule has 4 atom stereocenters. The number of aliphatic hydroxyl groups is 1. The van der Waals surface area contributed by atoms with Gasteiger partial charge in [-0.15, -0.1) is 0 Å². The SMILES string of the molecule is CC(C)C[C@H](NC(=O)[C@H](CO)NC(=O)[C@H](CCCCN)NC(=O)CNC(=O)[C@@H](N)CCCN=C(N)N)C(=O)O. The normalized spacial score (nSPS) is 13.9. The number of carboxylic acid groups (broad SMARTS) is 1. The van der Waals surface area contributed by atoms with Crippen molar-refractivity contribution in [3.8, 4) is 0 Å². The van der Waals surface area contributed by atoms with Crippen molar-refractivity contribution in [2.24, 2.45) is 33.8 Å². The zero-order chi connectivity index (χ0) is 30.0. The predicted octanol–water partition coefficient (Wildman–Crippen LogP) is -3.81. The van der Waals surface area contributed by atoms with Gasteiger partial charge in [0.05, 0.1) is 19.2 Å². The molecule has 0 bridgehead atoms. The number of hydrogen-bond donors (Lipinski definition) is 10. The summed E-state index contributed by atoms with van der Waals surface area (Å²) >= 11 is 0. The molecule has 224 valence electrons. The molecule has 0 spiro atoms. The van der Waals surface area contributed by atoms with Gasteiger partial charge in [-0.25, -0.2) is 4.79 Å². The lowest BCUT2D eigenvalue weighted by atomic mass is 10.0. The van der Waals surface area contributed by atoms with Gasteiger partial charge < -0.3 is 54.4 Å². The Morgan fingerprint density at radius 3 is 2.00 bits per heavy atom. The molecule has 0 aromatic carbocycles. The molecule has 0 unspecified atom stereocenters. The van der Waals surface area contributed by atoms with Crippen molar-refractivity contribution in [3.05, 3.63) is 0 Å². The molecular weight excluding hydrogens is 514 g/mol. The first-order valence-electron chi connectivity index (χ1n) is 12.8. The van der Waals surface area contributed by atoms with Gasteiger partial charge in [-0.3, -0.25) is 24.2 Å². The summed E-state index contributed by atoms with van der Waals surface area (Å²) in [7, 11) is 0. The highest BCUT2D eigenvalue weighted by Gasteiger charge is 2.29. The van der Waals surface area contributed by atoms with Crippen LogP contribution >= 0.6 is 0 Å². The molecule has 0 aromatic rings. The molecule has 0 heterocycles. The largest absolute Gasteiger partial charge is 0.480 e. The zero-order valence-electron chi connectivity index (χ0n) is 22.7. The Balaban J connectivity index is 5.08. The van der Waals surface area contributed by atoms with E-state index in [2.05, 4.69) is 26.3 Å². The Labute approximate surface area is 228 Å². The van der Waals surface area contributed by atoms with Crippen LogP contribution in [-0.4, -0.2) is 96.2 Å². The number of unbranched alkanes of at least 4 members (excludes halogenated alkanes) is 1. The molecule has 4 amide bonds. The molecule has 16 nitrogen and oxygen atoms in total. The second kappa shape index (κ2) is 19.6. The number of amides is 4. The first-order chi connectivity index (χ1) is 18.3. The number of aliphatic imine (C=N–C) groups is 1. The Morgan fingerprint density at radius 2 is 1.46 bits per heavy atom. The number of rotatable bonds is 20. The third kappa shape index (κ3) is 16.2. The fourth-order valence-electron chi connectivity index (χ4n) is 3.39. The van der Waals surface area contributed by atoms with Crippen LogP contribution in [0.3, 0.4) is 0 Å². The van der Waals surface area contributed by atoms with E-state index in [-0.39, 0.29) is 31.1 Å². The molecular formula is C23H45N9O7. The van der Waals surface area contributed by atoms with Gasteiger partial charge in [-0.05, 0) is 51.0 Å². The first-order valence-corrected chi connectivity index (χ1v) is 12.8. The van der Waals surface area contributed by atoms with Crippen molar-refractivity contribution in [1.29, 1.82) is 0 Å². The Bertz CT molecular complexity index is 835. The van der Waals surface area contributed by atoms with E-state index < -0.39 is 66.9 Å². The number of guanidine groups is 1. The van der Waals surface area contributed by atoms with E-state index in [4.69, 9.17) is 22.9 Å². The van der Waals surface area contributed by atoms with Gasteiger partial charge in [-0.2, -0.15) is 0 Å². The van der Waals surface area contributed by atoms with Crippen molar-refractivity contribution in [2.45, 2.75) is 76.5 Å². The highest BCUT2D eigenvalue weighted by Crippen LogP contribution is 2.06. The maximum Gasteiger partial charge on any atom is 0.326 e. The van der Waals surface area contributed by atoms with Crippen molar-refractivity contribution >= 4 is 35.6 Å². The maximum atomic E-state index is 12.9. The molecule has 0 saturated heterocycles. The van der Waals surface area contributed by atoms with Gasteiger partial charge in [-0.1, -0.05) is 13.8 Å². The van der Waals surface area contributed by atoms with E-state index in [1.54, 1.807) is 13.8 Å². The molecule has 0 aromatic heterocycles. The van der Waals surface area contributed by atoms with E-state index in [0.29, 0.717) is 32.4 Å². The van der Waals surface area contributed by atoms with Crippen LogP contribution in [0.4, 0.5) is 0 Å². The number of aliphatic carboxylic acids is 1. The maximum absolute atomic E-state index is 12.9. The standard InChI is InChI=1S/C23H45N9O7/c1-13(2)10-16(22(38)39)31-21(37)17(12-33)32-20(36)15(7-3-4-8-24)30-18(34)11-29-19(35)14(25)6-5-9-28-23(26)27/h13-17,33H,3-12,24-25H2,1-2H3,(H,29,35)(H,30,34)(H,31,37)(H,32,36)(H,38,39)(H4,26,27,28)/t14-,15-,16-,17-/m0/s1. The number of nitrogens with one attached hydrogen (secondary N) is 4. The molecule has 16 heteroatoms. The van der Waals surface area contributed by atoms with Crippen LogP contribution in [0.5, 0.6) is 0 Å². The average molecular weight is 560 g/mol. The second-order valence-corrected chi connectivity index (χ2v) is 9.45. The molecule has 0 radical (unpaired) electrons. The molecule has 14 N–H and O–H groups in total. The summed E-state index contributed by atoms with van der Waals surface area (Å²) in [5.74, 6) is -4.27. The fraction of sp³-hybridized carbons (Fsp3) is 0.739. The van der Waals surface area contributed by atoms with Gasteiger partial charge >= 0.3 is 5.97 Å². The van der Waals surface area contributed by atoms with Crippen LogP contribution in [0.1, 0.15) is 52.4 Å². The lowest BCUT2D eigenvalue weighted by Gasteiger charge is -2.24. The summed E-state index contributed by atoms with van der Waals surface area (Å²) in [6.07, 6.45) is 2.07. The molecule has 0 aliphatic heterocycles. The van der Waals surface area contributed by atoms with Crippen molar-refractivity contribution in [2.75, 3.05) is 26.2 Å². The minimum atomic E-state index is -1.45. The molecule has 0 rings (SSSR count). The van der Waals surface area contributed by atoms with E-state index in [0.717, 1.165) is 0 Å². The summed E-state index contributed by atoms with van der Waals surface area (Å²) in [6.45, 7) is 2.96. The van der Waals surface area contributed by atoms with Crippen LogP contribution in [0, 0.1) is 5.92 Å². The molecule has 0 fully saturated rings. The quantitative estimate of drug-likeness (QED) is 0.0391. The van der Waals surface area contributed by atoms with E-state index >= 15 is 0 Å². The van der Waals surface area contributed by atoms with Crippen LogP contribution in [-0.2, 0) is 24.0 Å². The van der Waals surface area contributed by atoms with Crippen molar-refractivity contribution in [3.63, 3.8) is 0 Å². The Kier molecular flexibility index (Phi) is 17.8. The number of carbonyl (C=O) groups excluding carboxylic acids is 4. The van der Waals surface area contributed by atoms with Gasteiger partial charge in [0.2, 0.25) is 23.6 Å². The second-order valence-electron chi connectivity index (χ2n) is 9.45. The number of carbonyl (C=O) groups is 5. The van der Waals surface area contributed by atoms with Crippen LogP contribution in [0.25, 0.3) is 0 Å². The number of aliphatic hydroxyl groups excluding tert-OH is 1. The highest BCUT2D eigenvalue weighted by molar-refractivity contribution is 5.94. The topological polar surface area (TPSA) is 290 Å². The summed E-state index contributed by atoms with van der Waals surface area (Å²) in [6, 6.07) is -4.66. The molecule has 0 aliphatic carbocycles. The summed E-state index contributed by atoms with van der Waals surface area (Å²) < 4.78 is 0. The lowest BCUT2D eigenvalue weighted by Crippen LogP contribution is -2.57. The smallest absolute Gasteiger partial charge is 0.326 e. The van der Waals surface area contributed by atoms with E-state index in [1.165, 1.54) is 0 Å². The average Bonchev–Trinajstić information content (AvgIpc) is 2.86. The van der Waals surface area contributed by atoms with Crippen molar-refractivity contribution < 1.29 is 34.2 Å². The fourth-order valence-corrected chi connectivity index (χ4v) is 3.39. The Morgan fingerprint density at radius 1 is 0.846 bits per heavy atom. The van der Waals surface area contributed by atoms with E-state index in [1.807, 2.05) is 0 Å². The summed E-state index contributed by atoms with van der Waals surface area (Å²) in [5.41, 5.74) is 21.8. The lowest BCUT2D eigenvalue weighted by molar-refractivity contribution is -0.143. The third-order valence-corrected chi connectivity index (χ3v) is 5.46. The van der Waals surface area contributed by atoms with Crippen LogP contribution in [0.15, 0.2) is 4.99 Å². The number of nitrogens with zero attached hydrogens (tertiary/aromatic N) is 1. The Hall–Kier alpha value is -3.50. The highest BCUT2D eigenvalue weighted by atomic mass is 16.4. The van der Waals surface area contributed by atoms with Crippen molar-refractivity contribution in [1.82, 2.24) is 21.3 Å². The number of carboxylic acids is 1. The number of nitrogens with two attached hydrogens (primary N) is 4. The van der Waals surface area contributed by atoms with Crippen LogP contribution < -0.4 is 44.2 Å². The van der Waals surface area contributed by atoms with Gasteiger partial charge in [0.15, 0.2) is 5.96 Å².